The summed E-state index contributed by atoms with van der Waals surface area (Å²) in [5.41, 5.74) is 3.09. The molecule has 37 heavy (non-hydrogen) atoms. The molecule has 5 rings (SSSR count). The SMILES string of the molecule is Cc1ccc(C(=O)Nc2ccccc2C(=O)NCc2ccc3c(c2)OCO3)cc1NC(=O)c1ccco1. The molecule has 0 saturated heterocycles. The molecule has 2 heterocycles. The number of anilines is 2. The highest BCUT2D eigenvalue weighted by molar-refractivity contribution is 6.10. The van der Waals surface area contributed by atoms with Gasteiger partial charge in [0, 0.05) is 17.8 Å². The third kappa shape index (κ3) is 5.30. The predicted molar refractivity (Wildman–Crippen MR) is 136 cm³/mol. The summed E-state index contributed by atoms with van der Waals surface area (Å²) in [6.45, 7) is 2.27. The smallest absolute Gasteiger partial charge is 0.291 e. The Bertz CT molecular complexity index is 1480. The molecule has 1 aliphatic heterocycles. The summed E-state index contributed by atoms with van der Waals surface area (Å²) in [7, 11) is 0. The molecular formula is C28H23N3O6. The molecule has 1 aliphatic rings. The molecule has 0 bridgehead atoms. The Kier molecular flexibility index (Phi) is 6.58. The van der Waals surface area contributed by atoms with E-state index in [4.69, 9.17) is 13.9 Å². The van der Waals surface area contributed by atoms with Crippen LogP contribution in [0.4, 0.5) is 11.4 Å². The molecule has 0 unspecified atom stereocenters. The predicted octanol–water partition coefficient (Wildman–Crippen LogP) is 4.75. The lowest BCUT2D eigenvalue weighted by Crippen LogP contribution is -2.25. The number of carbonyl (C=O) groups is 3. The van der Waals surface area contributed by atoms with Crippen LogP contribution in [0.5, 0.6) is 11.5 Å². The first-order valence-corrected chi connectivity index (χ1v) is 11.5. The summed E-state index contributed by atoms with van der Waals surface area (Å²) in [5, 5.41) is 8.42. The fourth-order valence-electron chi connectivity index (χ4n) is 3.80. The van der Waals surface area contributed by atoms with Gasteiger partial charge in [0.15, 0.2) is 17.3 Å². The maximum absolute atomic E-state index is 13.1. The summed E-state index contributed by atoms with van der Waals surface area (Å²) in [5.74, 6) is 0.277. The lowest BCUT2D eigenvalue weighted by molar-refractivity contribution is 0.0950. The number of furan rings is 1. The fraction of sp³-hybridized carbons (Fsp3) is 0.107. The number of hydrogen-bond acceptors (Lipinski definition) is 6. The van der Waals surface area contributed by atoms with Crippen molar-refractivity contribution in [3.05, 3.63) is 107 Å². The van der Waals surface area contributed by atoms with E-state index in [9.17, 15) is 14.4 Å². The van der Waals surface area contributed by atoms with Crippen molar-refractivity contribution in [1.29, 1.82) is 0 Å². The van der Waals surface area contributed by atoms with Crippen LogP contribution >= 0.6 is 0 Å². The molecule has 3 amide bonds. The second-order valence-corrected chi connectivity index (χ2v) is 8.33. The van der Waals surface area contributed by atoms with E-state index in [1.165, 1.54) is 6.26 Å². The van der Waals surface area contributed by atoms with Gasteiger partial charge in [0.2, 0.25) is 6.79 Å². The van der Waals surface area contributed by atoms with Gasteiger partial charge < -0.3 is 29.8 Å². The van der Waals surface area contributed by atoms with E-state index in [1.807, 2.05) is 19.1 Å². The quantitative estimate of drug-likeness (QED) is 0.339. The number of amides is 3. The Morgan fingerprint density at radius 3 is 2.43 bits per heavy atom. The van der Waals surface area contributed by atoms with Crippen LogP contribution in [0.25, 0.3) is 0 Å². The average Bonchev–Trinajstić information content (AvgIpc) is 3.61. The minimum Gasteiger partial charge on any atom is -0.459 e. The van der Waals surface area contributed by atoms with Gasteiger partial charge in [0.05, 0.1) is 17.5 Å². The molecule has 3 aromatic carbocycles. The Balaban J connectivity index is 1.27. The zero-order chi connectivity index (χ0) is 25.8. The monoisotopic (exact) mass is 497 g/mol. The van der Waals surface area contributed by atoms with E-state index in [1.54, 1.807) is 60.7 Å². The van der Waals surface area contributed by atoms with E-state index in [0.717, 1.165) is 11.1 Å². The van der Waals surface area contributed by atoms with Crippen LogP contribution in [0.2, 0.25) is 0 Å². The van der Waals surface area contributed by atoms with Gasteiger partial charge in [-0.25, -0.2) is 0 Å². The molecule has 186 valence electrons. The maximum Gasteiger partial charge on any atom is 0.291 e. The van der Waals surface area contributed by atoms with Crippen molar-refractivity contribution >= 4 is 29.1 Å². The number of fused-ring (bicyclic) bond motifs is 1. The summed E-state index contributed by atoms with van der Waals surface area (Å²) in [4.78, 5) is 38.4. The molecular weight excluding hydrogens is 474 g/mol. The molecule has 0 spiro atoms. The van der Waals surface area contributed by atoms with E-state index in [0.29, 0.717) is 34.0 Å². The van der Waals surface area contributed by atoms with Crippen LogP contribution in [0.15, 0.2) is 83.5 Å². The lowest BCUT2D eigenvalue weighted by atomic mass is 10.1. The Hall–Kier alpha value is -5.05. The summed E-state index contributed by atoms with van der Waals surface area (Å²) >= 11 is 0. The van der Waals surface area contributed by atoms with Crippen molar-refractivity contribution in [2.75, 3.05) is 17.4 Å². The van der Waals surface area contributed by atoms with Gasteiger partial charge in [-0.15, -0.1) is 0 Å². The van der Waals surface area contributed by atoms with Crippen LogP contribution in [-0.2, 0) is 6.54 Å². The van der Waals surface area contributed by atoms with Gasteiger partial charge in [-0.3, -0.25) is 14.4 Å². The third-order valence-corrected chi connectivity index (χ3v) is 5.80. The van der Waals surface area contributed by atoms with Crippen molar-refractivity contribution in [2.45, 2.75) is 13.5 Å². The standard InChI is InChI=1S/C28H23N3O6/c1-17-8-10-19(14-22(17)31-28(34)24-7-4-12-35-24)26(32)30-21-6-3-2-5-20(21)27(33)29-15-18-9-11-23-25(13-18)37-16-36-23/h2-14H,15-16H2,1H3,(H,29,33)(H,30,32)(H,31,34). The van der Waals surface area contributed by atoms with E-state index in [2.05, 4.69) is 16.0 Å². The average molecular weight is 498 g/mol. The van der Waals surface area contributed by atoms with Crippen molar-refractivity contribution in [3.63, 3.8) is 0 Å². The van der Waals surface area contributed by atoms with Crippen LogP contribution in [0.1, 0.15) is 42.4 Å². The summed E-state index contributed by atoms with van der Waals surface area (Å²) < 4.78 is 15.8. The van der Waals surface area contributed by atoms with E-state index in [-0.39, 0.29) is 25.0 Å². The Morgan fingerprint density at radius 2 is 1.59 bits per heavy atom. The molecule has 1 aromatic heterocycles. The molecule has 9 nitrogen and oxygen atoms in total. The van der Waals surface area contributed by atoms with Gasteiger partial charge in [-0.05, 0) is 66.6 Å². The maximum atomic E-state index is 13.1. The van der Waals surface area contributed by atoms with E-state index < -0.39 is 11.8 Å². The molecule has 0 saturated carbocycles. The number of rotatable bonds is 7. The van der Waals surface area contributed by atoms with Crippen molar-refractivity contribution in [2.24, 2.45) is 0 Å². The van der Waals surface area contributed by atoms with E-state index >= 15 is 0 Å². The molecule has 9 heteroatoms. The molecule has 0 atom stereocenters. The first kappa shape index (κ1) is 23.7. The zero-order valence-corrected chi connectivity index (χ0v) is 19.9. The molecule has 4 aromatic rings. The lowest BCUT2D eigenvalue weighted by Gasteiger charge is -2.13. The van der Waals surface area contributed by atoms with Crippen molar-refractivity contribution in [3.8, 4) is 11.5 Å². The van der Waals surface area contributed by atoms with Gasteiger partial charge in [-0.1, -0.05) is 24.3 Å². The number of nitrogens with one attached hydrogen (secondary N) is 3. The van der Waals surface area contributed by atoms with Crippen LogP contribution < -0.4 is 25.4 Å². The van der Waals surface area contributed by atoms with Gasteiger partial charge >= 0.3 is 0 Å². The first-order chi connectivity index (χ1) is 18.0. The Morgan fingerprint density at radius 1 is 0.784 bits per heavy atom. The van der Waals surface area contributed by atoms with Crippen LogP contribution in [0, 0.1) is 6.92 Å². The number of para-hydroxylation sites is 1. The highest BCUT2D eigenvalue weighted by Gasteiger charge is 2.17. The fourth-order valence-corrected chi connectivity index (χ4v) is 3.80. The van der Waals surface area contributed by atoms with Crippen molar-refractivity contribution in [1.82, 2.24) is 5.32 Å². The number of aryl methyl sites for hydroxylation is 1. The summed E-state index contributed by atoms with van der Waals surface area (Å²) in [6.07, 6.45) is 1.41. The highest BCUT2D eigenvalue weighted by atomic mass is 16.7. The highest BCUT2D eigenvalue weighted by Crippen LogP contribution is 2.32. The Labute approximate surface area is 212 Å². The van der Waals surface area contributed by atoms with Gasteiger partial charge in [0.1, 0.15) is 0 Å². The second kappa shape index (κ2) is 10.3. The van der Waals surface area contributed by atoms with Crippen LogP contribution in [-0.4, -0.2) is 24.5 Å². The van der Waals surface area contributed by atoms with Crippen molar-refractivity contribution < 1.29 is 28.3 Å². The molecule has 0 fully saturated rings. The summed E-state index contributed by atoms with van der Waals surface area (Å²) in [6, 6.07) is 20.3. The number of hydrogen-bond donors (Lipinski definition) is 3. The molecule has 0 radical (unpaired) electrons. The first-order valence-electron chi connectivity index (χ1n) is 11.5. The minimum absolute atomic E-state index is 0.162. The zero-order valence-electron chi connectivity index (χ0n) is 19.9. The topological polar surface area (TPSA) is 119 Å². The number of benzene rings is 3. The largest absolute Gasteiger partial charge is 0.459 e. The third-order valence-electron chi connectivity index (χ3n) is 5.80. The number of carbonyl (C=O) groups excluding carboxylic acids is 3. The normalized spacial score (nSPS) is 11.6. The van der Waals surface area contributed by atoms with Gasteiger partial charge in [-0.2, -0.15) is 0 Å². The number of ether oxygens (including phenoxy) is 2. The van der Waals surface area contributed by atoms with Crippen LogP contribution in [0.3, 0.4) is 0 Å². The second-order valence-electron chi connectivity index (χ2n) is 8.33. The molecule has 3 N–H and O–H groups in total. The molecule has 0 aliphatic carbocycles. The van der Waals surface area contributed by atoms with Gasteiger partial charge in [0.25, 0.3) is 17.7 Å². The minimum atomic E-state index is -0.426.